The molecule has 1 aromatic rings. The molecule has 0 aliphatic carbocycles. The van der Waals surface area contributed by atoms with Gasteiger partial charge in [0, 0.05) is 0 Å². The van der Waals surface area contributed by atoms with Crippen LogP contribution in [0.1, 0.15) is 11.1 Å². The van der Waals surface area contributed by atoms with Crippen LogP contribution >= 0.6 is 0 Å². The molecule has 0 aromatic heterocycles. The number of rotatable bonds is 0. The molecule has 13 heavy (non-hydrogen) atoms. The lowest BCUT2D eigenvalue weighted by Crippen LogP contribution is -2.08. The Morgan fingerprint density at radius 3 is 2.08 bits per heavy atom. The van der Waals surface area contributed by atoms with Crippen LogP contribution in [-0.2, 0) is 6.18 Å². The summed E-state index contributed by atoms with van der Waals surface area (Å²) in [5.41, 5.74) is 10.4. The molecule has 1 aromatic carbocycles. The molecule has 5 heteroatoms. The quantitative estimate of drug-likeness (QED) is 0.616. The maximum absolute atomic E-state index is 12.2. The van der Waals surface area contributed by atoms with E-state index in [1.807, 2.05) is 0 Å². The van der Waals surface area contributed by atoms with E-state index < -0.39 is 11.7 Å². The van der Waals surface area contributed by atoms with E-state index in [0.717, 1.165) is 12.1 Å². The molecule has 72 valence electrons. The standard InChI is InChI=1S/C8H9F3N2/c1-4-2-5(8(9,10)11)3-6(12)7(4)13/h2-3H,12-13H2,1H3. The van der Waals surface area contributed by atoms with E-state index in [-0.39, 0.29) is 11.4 Å². The van der Waals surface area contributed by atoms with Crippen LogP contribution in [0.2, 0.25) is 0 Å². The number of aryl methyl sites for hydroxylation is 1. The maximum atomic E-state index is 12.2. The van der Waals surface area contributed by atoms with Crippen molar-refractivity contribution in [1.82, 2.24) is 0 Å². The molecule has 0 spiro atoms. The molecule has 0 heterocycles. The summed E-state index contributed by atoms with van der Waals surface area (Å²) in [6.07, 6.45) is -4.37. The molecule has 0 atom stereocenters. The second kappa shape index (κ2) is 2.83. The van der Waals surface area contributed by atoms with Gasteiger partial charge in [-0.25, -0.2) is 0 Å². The highest BCUT2D eigenvalue weighted by Crippen LogP contribution is 2.33. The van der Waals surface area contributed by atoms with Crippen molar-refractivity contribution in [3.05, 3.63) is 23.3 Å². The highest BCUT2D eigenvalue weighted by Gasteiger charge is 2.31. The first-order chi connectivity index (χ1) is 5.82. The Labute approximate surface area is 73.3 Å². The summed E-state index contributed by atoms with van der Waals surface area (Å²) in [5.74, 6) is 0. The molecule has 0 unspecified atom stereocenters. The third-order valence-electron chi connectivity index (χ3n) is 1.75. The summed E-state index contributed by atoms with van der Waals surface area (Å²) in [7, 11) is 0. The predicted molar refractivity (Wildman–Crippen MR) is 45.0 cm³/mol. The van der Waals surface area contributed by atoms with Gasteiger partial charge in [0.15, 0.2) is 0 Å². The Balaban J connectivity index is 3.29. The number of alkyl halides is 3. The fourth-order valence-corrected chi connectivity index (χ4v) is 0.989. The normalized spacial score (nSPS) is 11.7. The Hall–Kier alpha value is -1.39. The molecule has 0 amide bonds. The van der Waals surface area contributed by atoms with Crippen LogP contribution < -0.4 is 11.5 Å². The van der Waals surface area contributed by atoms with E-state index in [0.29, 0.717) is 5.56 Å². The molecule has 2 nitrogen and oxygen atoms in total. The van der Waals surface area contributed by atoms with Crippen LogP contribution in [-0.4, -0.2) is 0 Å². The average molecular weight is 190 g/mol. The summed E-state index contributed by atoms with van der Waals surface area (Å²) in [5, 5.41) is 0. The monoisotopic (exact) mass is 190 g/mol. The average Bonchev–Trinajstić information content (AvgIpc) is 1.97. The molecular weight excluding hydrogens is 181 g/mol. The first-order valence-electron chi connectivity index (χ1n) is 3.55. The summed E-state index contributed by atoms with van der Waals surface area (Å²) in [6, 6.07) is 1.81. The number of halogens is 3. The second-order valence-electron chi connectivity index (χ2n) is 2.79. The Bertz CT molecular complexity index is 308. The van der Waals surface area contributed by atoms with Gasteiger partial charge in [0.2, 0.25) is 0 Å². The second-order valence-corrected chi connectivity index (χ2v) is 2.79. The summed E-state index contributed by atoms with van der Waals surface area (Å²) >= 11 is 0. The lowest BCUT2D eigenvalue weighted by atomic mass is 10.1. The molecule has 0 saturated carbocycles. The fraction of sp³-hybridized carbons (Fsp3) is 0.250. The molecule has 0 aliphatic heterocycles. The largest absolute Gasteiger partial charge is 0.416 e. The Morgan fingerprint density at radius 1 is 1.15 bits per heavy atom. The van der Waals surface area contributed by atoms with Crippen molar-refractivity contribution < 1.29 is 13.2 Å². The van der Waals surface area contributed by atoms with Crippen LogP contribution in [0.15, 0.2) is 12.1 Å². The van der Waals surface area contributed by atoms with Crippen molar-refractivity contribution in [2.24, 2.45) is 0 Å². The van der Waals surface area contributed by atoms with Crippen LogP contribution in [0.3, 0.4) is 0 Å². The van der Waals surface area contributed by atoms with Crippen molar-refractivity contribution >= 4 is 11.4 Å². The van der Waals surface area contributed by atoms with Crippen LogP contribution in [0.25, 0.3) is 0 Å². The van der Waals surface area contributed by atoms with Gasteiger partial charge in [-0.3, -0.25) is 0 Å². The molecule has 4 N–H and O–H groups in total. The lowest BCUT2D eigenvalue weighted by molar-refractivity contribution is -0.137. The minimum atomic E-state index is -4.37. The summed E-state index contributed by atoms with van der Waals surface area (Å²) in [4.78, 5) is 0. The predicted octanol–water partition coefficient (Wildman–Crippen LogP) is 2.18. The van der Waals surface area contributed by atoms with Gasteiger partial charge < -0.3 is 11.5 Å². The zero-order valence-electron chi connectivity index (χ0n) is 6.94. The number of nitrogen functional groups attached to an aromatic ring is 2. The third kappa shape index (κ3) is 1.85. The summed E-state index contributed by atoms with van der Waals surface area (Å²) < 4.78 is 36.5. The Kier molecular flexibility index (Phi) is 2.11. The number of hydrogen-bond donors (Lipinski definition) is 2. The maximum Gasteiger partial charge on any atom is 0.416 e. The van der Waals surface area contributed by atoms with Gasteiger partial charge >= 0.3 is 6.18 Å². The first-order valence-corrected chi connectivity index (χ1v) is 3.55. The summed E-state index contributed by atoms with van der Waals surface area (Å²) in [6.45, 7) is 1.49. The molecule has 0 aliphatic rings. The van der Waals surface area contributed by atoms with E-state index in [2.05, 4.69) is 0 Å². The Morgan fingerprint density at radius 2 is 1.69 bits per heavy atom. The number of nitrogens with two attached hydrogens (primary N) is 2. The van der Waals surface area contributed by atoms with Gasteiger partial charge in [-0.1, -0.05) is 0 Å². The van der Waals surface area contributed by atoms with Gasteiger partial charge in [-0.05, 0) is 24.6 Å². The van der Waals surface area contributed by atoms with Crippen LogP contribution in [0.5, 0.6) is 0 Å². The smallest absolute Gasteiger partial charge is 0.397 e. The SMILES string of the molecule is Cc1cc(C(F)(F)F)cc(N)c1N. The minimum absolute atomic E-state index is 0.0349. The van der Waals surface area contributed by atoms with Gasteiger partial charge in [-0.15, -0.1) is 0 Å². The van der Waals surface area contributed by atoms with Gasteiger partial charge in [0.25, 0.3) is 0 Å². The molecule has 1 rings (SSSR count). The molecule has 0 saturated heterocycles. The highest BCUT2D eigenvalue weighted by atomic mass is 19.4. The van der Waals surface area contributed by atoms with E-state index in [4.69, 9.17) is 11.5 Å². The molecular formula is C8H9F3N2. The van der Waals surface area contributed by atoms with E-state index in [9.17, 15) is 13.2 Å². The zero-order valence-corrected chi connectivity index (χ0v) is 6.94. The van der Waals surface area contributed by atoms with Crippen molar-refractivity contribution in [3.8, 4) is 0 Å². The number of anilines is 2. The van der Waals surface area contributed by atoms with Crippen molar-refractivity contribution in [2.45, 2.75) is 13.1 Å². The zero-order chi connectivity index (χ0) is 10.2. The van der Waals surface area contributed by atoms with E-state index in [1.54, 1.807) is 0 Å². The van der Waals surface area contributed by atoms with Crippen molar-refractivity contribution in [3.63, 3.8) is 0 Å². The first kappa shape index (κ1) is 9.70. The lowest BCUT2D eigenvalue weighted by Gasteiger charge is -2.10. The van der Waals surface area contributed by atoms with Crippen molar-refractivity contribution in [2.75, 3.05) is 11.5 Å². The minimum Gasteiger partial charge on any atom is -0.397 e. The van der Waals surface area contributed by atoms with E-state index >= 15 is 0 Å². The van der Waals surface area contributed by atoms with Gasteiger partial charge in [0.1, 0.15) is 0 Å². The van der Waals surface area contributed by atoms with Crippen LogP contribution in [0.4, 0.5) is 24.5 Å². The van der Waals surface area contributed by atoms with Crippen LogP contribution in [0, 0.1) is 6.92 Å². The molecule has 0 fully saturated rings. The topological polar surface area (TPSA) is 52.0 Å². The molecule has 0 bridgehead atoms. The fourth-order valence-electron chi connectivity index (χ4n) is 0.989. The van der Waals surface area contributed by atoms with E-state index in [1.165, 1.54) is 6.92 Å². The van der Waals surface area contributed by atoms with Gasteiger partial charge in [-0.2, -0.15) is 13.2 Å². The number of hydrogen-bond acceptors (Lipinski definition) is 2. The number of benzene rings is 1. The molecule has 0 radical (unpaired) electrons. The highest BCUT2D eigenvalue weighted by molar-refractivity contribution is 5.68. The van der Waals surface area contributed by atoms with Gasteiger partial charge in [0.05, 0.1) is 16.9 Å². The third-order valence-corrected chi connectivity index (χ3v) is 1.75. The van der Waals surface area contributed by atoms with Crippen molar-refractivity contribution in [1.29, 1.82) is 0 Å².